The molecule has 0 aliphatic carbocycles. The largest absolute Gasteiger partial charge is 0.469 e. The Hall–Kier alpha value is -2.05. The Morgan fingerprint density at radius 3 is 2.68 bits per heavy atom. The molecule has 1 aliphatic rings. The number of rotatable bonds is 3. The van der Waals surface area contributed by atoms with Crippen LogP contribution in [0.15, 0.2) is 24.3 Å². The molecule has 120 valence electrons. The van der Waals surface area contributed by atoms with E-state index in [0.29, 0.717) is 5.56 Å². The van der Waals surface area contributed by atoms with Crippen LogP contribution in [0.3, 0.4) is 0 Å². The molecule has 0 bridgehead atoms. The van der Waals surface area contributed by atoms with Crippen molar-refractivity contribution in [1.29, 1.82) is 0 Å². The maximum absolute atomic E-state index is 12.8. The first-order chi connectivity index (χ1) is 10.2. The van der Waals surface area contributed by atoms with E-state index >= 15 is 0 Å². The Balaban J connectivity index is 2.20. The van der Waals surface area contributed by atoms with Crippen LogP contribution in [0.25, 0.3) is 0 Å². The van der Waals surface area contributed by atoms with E-state index in [9.17, 15) is 22.8 Å². The molecular formula is C15H16F3NO3. The lowest BCUT2D eigenvalue weighted by Gasteiger charge is -2.25. The van der Waals surface area contributed by atoms with Crippen LogP contribution in [0.2, 0.25) is 0 Å². The van der Waals surface area contributed by atoms with Gasteiger partial charge in [0.2, 0.25) is 5.91 Å². The molecule has 1 amide bonds. The number of amides is 1. The van der Waals surface area contributed by atoms with Gasteiger partial charge in [0, 0.05) is 13.0 Å². The van der Waals surface area contributed by atoms with Gasteiger partial charge in [-0.15, -0.1) is 0 Å². The molecule has 2 unspecified atom stereocenters. The summed E-state index contributed by atoms with van der Waals surface area (Å²) in [6.07, 6.45) is -4.41. The summed E-state index contributed by atoms with van der Waals surface area (Å²) in [5.41, 5.74) is -0.373. The minimum atomic E-state index is -4.43. The molecule has 2 atom stereocenters. The number of carbonyl (C=O) groups is 2. The van der Waals surface area contributed by atoms with Crippen molar-refractivity contribution in [2.24, 2.45) is 5.92 Å². The van der Waals surface area contributed by atoms with E-state index in [2.05, 4.69) is 4.74 Å². The fourth-order valence-electron chi connectivity index (χ4n) is 2.59. The van der Waals surface area contributed by atoms with Crippen molar-refractivity contribution in [1.82, 2.24) is 4.90 Å². The third-order valence-electron chi connectivity index (χ3n) is 3.86. The molecule has 1 aliphatic heterocycles. The van der Waals surface area contributed by atoms with Crippen molar-refractivity contribution in [2.75, 3.05) is 13.7 Å². The molecule has 0 saturated carbocycles. The van der Waals surface area contributed by atoms with Crippen LogP contribution in [0.5, 0.6) is 0 Å². The van der Waals surface area contributed by atoms with Crippen LogP contribution in [0, 0.1) is 5.92 Å². The normalized spacial score (nSPS) is 20.1. The summed E-state index contributed by atoms with van der Waals surface area (Å²) < 4.78 is 42.9. The number of carbonyl (C=O) groups excluding carboxylic acids is 2. The standard InChI is InChI=1S/C15H16F3NO3/c1-9(10-4-3-5-12(6-10)15(16,17)18)19-8-11(7-13(19)20)14(21)22-2/h3-6,9,11H,7-8H2,1-2H3. The summed E-state index contributed by atoms with van der Waals surface area (Å²) in [5.74, 6) is -1.31. The summed E-state index contributed by atoms with van der Waals surface area (Å²) >= 11 is 0. The minimum Gasteiger partial charge on any atom is -0.469 e. The number of ether oxygens (including phenoxy) is 1. The second-order valence-electron chi connectivity index (χ2n) is 5.27. The topological polar surface area (TPSA) is 46.6 Å². The molecular weight excluding hydrogens is 299 g/mol. The van der Waals surface area contributed by atoms with Gasteiger partial charge < -0.3 is 9.64 Å². The van der Waals surface area contributed by atoms with E-state index in [1.807, 2.05) is 0 Å². The quantitative estimate of drug-likeness (QED) is 0.806. The Morgan fingerprint density at radius 2 is 2.09 bits per heavy atom. The first-order valence-electron chi connectivity index (χ1n) is 6.78. The van der Waals surface area contributed by atoms with E-state index in [1.54, 1.807) is 13.0 Å². The molecule has 0 aromatic heterocycles. The van der Waals surface area contributed by atoms with Crippen LogP contribution in [-0.4, -0.2) is 30.4 Å². The average molecular weight is 315 g/mol. The van der Waals surface area contributed by atoms with E-state index in [0.717, 1.165) is 12.1 Å². The molecule has 4 nitrogen and oxygen atoms in total. The Bertz CT molecular complexity index is 586. The third kappa shape index (κ3) is 3.23. The molecule has 0 N–H and O–H groups in total. The van der Waals surface area contributed by atoms with Gasteiger partial charge in [-0.05, 0) is 24.6 Å². The van der Waals surface area contributed by atoms with Crippen molar-refractivity contribution in [3.8, 4) is 0 Å². The van der Waals surface area contributed by atoms with E-state index in [-0.39, 0.29) is 18.9 Å². The van der Waals surface area contributed by atoms with Crippen LogP contribution in [-0.2, 0) is 20.5 Å². The number of nitrogens with zero attached hydrogens (tertiary/aromatic N) is 1. The first kappa shape index (κ1) is 16.3. The predicted molar refractivity (Wildman–Crippen MR) is 71.7 cm³/mol. The highest BCUT2D eigenvalue weighted by molar-refractivity contribution is 5.87. The number of alkyl halides is 3. The Labute approximate surface area is 125 Å². The molecule has 1 aromatic carbocycles. The molecule has 1 fully saturated rings. The summed E-state index contributed by atoms with van der Waals surface area (Å²) in [6, 6.07) is 4.33. The zero-order valence-electron chi connectivity index (χ0n) is 12.2. The molecule has 1 aromatic rings. The number of methoxy groups -OCH3 is 1. The van der Waals surface area contributed by atoms with Gasteiger partial charge in [-0.2, -0.15) is 13.2 Å². The number of benzene rings is 1. The number of hydrogen-bond donors (Lipinski definition) is 0. The predicted octanol–water partition coefficient (Wildman–Crippen LogP) is 2.79. The van der Waals surface area contributed by atoms with Crippen molar-refractivity contribution in [3.05, 3.63) is 35.4 Å². The number of halogens is 3. The van der Waals surface area contributed by atoms with E-state index in [1.165, 1.54) is 18.1 Å². The molecule has 1 heterocycles. The van der Waals surface area contributed by atoms with Crippen molar-refractivity contribution in [2.45, 2.75) is 25.6 Å². The zero-order valence-corrected chi connectivity index (χ0v) is 12.2. The molecule has 1 saturated heterocycles. The fourth-order valence-corrected chi connectivity index (χ4v) is 2.59. The maximum Gasteiger partial charge on any atom is 0.416 e. The summed E-state index contributed by atoms with van der Waals surface area (Å²) in [5, 5.41) is 0. The third-order valence-corrected chi connectivity index (χ3v) is 3.86. The van der Waals surface area contributed by atoms with Gasteiger partial charge in [0.15, 0.2) is 0 Å². The second kappa shape index (κ2) is 5.98. The number of likely N-dealkylation sites (tertiary alicyclic amines) is 1. The lowest BCUT2D eigenvalue weighted by atomic mass is 10.0. The molecule has 2 rings (SSSR count). The van der Waals surface area contributed by atoms with Crippen LogP contribution >= 0.6 is 0 Å². The van der Waals surface area contributed by atoms with Crippen LogP contribution < -0.4 is 0 Å². The average Bonchev–Trinajstić information content (AvgIpc) is 2.87. The minimum absolute atomic E-state index is 0.0238. The monoisotopic (exact) mass is 315 g/mol. The lowest BCUT2D eigenvalue weighted by Crippen LogP contribution is -2.29. The van der Waals surface area contributed by atoms with Gasteiger partial charge in [0.1, 0.15) is 0 Å². The van der Waals surface area contributed by atoms with Gasteiger partial charge >= 0.3 is 12.1 Å². The molecule has 0 radical (unpaired) electrons. The highest BCUT2D eigenvalue weighted by Crippen LogP contribution is 2.33. The van der Waals surface area contributed by atoms with Gasteiger partial charge in [0.05, 0.1) is 24.6 Å². The molecule has 22 heavy (non-hydrogen) atoms. The highest BCUT2D eigenvalue weighted by Gasteiger charge is 2.38. The summed E-state index contributed by atoms with van der Waals surface area (Å²) in [4.78, 5) is 24.9. The molecule has 7 heteroatoms. The zero-order chi connectivity index (χ0) is 16.5. The highest BCUT2D eigenvalue weighted by atomic mass is 19.4. The van der Waals surface area contributed by atoms with Gasteiger partial charge in [-0.1, -0.05) is 12.1 Å². The smallest absolute Gasteiger partial charge is 0.416 e. The summed E-state index contributed by atoms with van der Waals surface area (Å²) in [6.45, 7) is 1.80. The van der Waals surface area contributed by atoms with Crippen LogP contribution in [0.4, 0.5) is 13.2 Å². The van der Waals surface area contributed by atoms with Crippen molar-refractivity contribution in [3.63, 3.8) is 0 Å². The van der Waals surface area contributed by atoms with Gasteiger partial charge in [-0.25, -0.2) is 0 Å². The maximum atomic E-state index is 12.8. The fraction of sp³-hybridized carbons (Fsp3) is 0.467. The van der Waals surface area contributed by atoms with Gasteiger partial charge in [0.25, 0.3) is 0 Å². The van der Waals surface area contributed by atoms with Crippen LogP contribution in [0.1, 0.15) is 30.5 Å². The summed E-state index contributed by atoms with van der Waals surface area (Å²) in [7, 11) is 1.24. The SMILES string of the molecule is COC(=O)C1CC(=O)N(C(C)c2cccc(C(F)(F)F)c2)C1. The van der Waals surface area contributed by atoms with Crippen molar-refractivity contribution < 1.29 is 27.5 Å². The number of hydrogen-bond acceptors (Lipinski definition) is 3. The Kier molecular flexibility index (Phi) is 4.44. The van der Waals surface area contributed by atoms with Gasteiger partial charge in [-0.3, -0.25) is 9.59 Å². The second-order valence-corrected chi connectivity index (χ2v) is 5.27. The number of esters is 1. The Morgan fingerprint density at radius 1 is 1.41 bits per heavy atom. The van der Waals surface area contributed by atoms with E-state index < -0.39 is 29.7 Å². The first-order valence-corrected chi connectivity index (χ1v) is 6.78. The van der Waals surface area contributed by atoms with E-state index in [4.69, 9.17) is 0 Å². The molecule has 0 spiro atoms. The van der Waals surface area contributed by atoms with Crippen molar-refractivity contribution >= 4 is 11.9 Å². The lowest BCUT2D eigenvalue weighted by molar-refractivity contribution is -0.145.